The Kier molecular flexibility index (Phi) is 3.82. The second kappa shape index (κ2) is 5.05. The number of fused-ring (bicyclic) bond motifs is 2. The summed E-state index contributed by atoms with van der Waals surface area (Å²) in [6, 6.07) is 0.0490. The zero-order chi connectivity index (χ0) is 13.3. The zero-order valence-corrected chi connectivity index (χ0v) is 11.5. The van der Waals surface area contributed by atoms with E-state index in [1.165, 1.54) is 0 Å². The minimum atomic E-state index is -0.863. The zero-order valence-electron chi connectivity index (χ0n) is 11.5. The van der Waals surface area contributed by atoms with Gasteiger partial charge in [0.05, 0.1) is 30.4 Å². The summed E-state index contributed by atoms with van der Waals surface area (Å²) in [5.41, 5.74) is -0.863. The predicted octanol–water partition coefficient (Wildman–Crippen LogP) is 1.11. The summed E-state index contributed by atoms with van der Waals surface area (Å²) in [6.07, 6.45) is 3.63. The molecule has 0 aliphatic carbocycles. The van der Waals surface area contributed by atoms with Gasteiger partial charge in [-0.3, -0.25) is 0 Å². The Labute approximate surface area is 108 Å². The second-order valence-electron chi connectivity index (χ2n) is 5.99. The average Bonchev–Trinajstić information content (AvgIpc) is 2.86. The van der Waals surface area contributed by atoms with Crippen LogP contribution in [0.1, 0.15) is 40.0 Å². The molecule has 2 N–H and O–H groups in total. The lowest BCUT2D eigenvalue weighted by Crippen LogP contribution is -2.51. The van der Waals surface area contributed by atoms with Gasteiger partial charge in [-0.25, -0.2) is 4.79 Å². The highest BCUT2D eigenvalue weighted by Crippen LogP contribution is 2.34. The molecule has 0 spiro atoms. The molecule has 2 saturated heterocycles. The fourth-order valence-corrected chi connectivity index (χ4v) is 2.83. The number of nitrogens with one attached hydrogen (secondary N) is 1. The van der Waals surface area contributed by atoms with Gasteiger partial charge in [0.25, 0.3) is 0 Å². The molecule has 0 aromatic rings. The van der Waals surface area contributed by atoms with Gasteiger partial charge in [-0.2, -0.15) is 0 Å². The van der Waals surface area contributed by atoms with Gasteiger partial charge in [0.2, 0.25) is 0 Å². The number of carbonyl (C=O) groups excluding carboxylic acids is 1. The Morgan fingerprint density at radius 2 is 2.22 bits per heavy atom. The van der Waals surface area contributed by atoms with E-state index < -0.39 is 5.60 Å². The molecule has 2 bridgehead atoms. The number of likely N-dealkylation sites (N-methyl/N-ethyl adjacent to an activating group) is 1. The topological polar surface area (TPSA) is 61.8 Å². The lowest BCUT2D eigenvalue weighted by atomic mass is 9.96. The third kappa shape index (κ3) is 3.14. The third-order valence-electron chi connectivity index (χ3n) is 3.66. The Morgan fingerprint density at radius 3 is 2.67 bits per heavy atom. The molecule has 104 valence electrons. The number of aliphatic hydroxyl groups is 1. The van der Waals surface area contributed by atoms with Gasteiger partial charge >= 0.3 is 6.03 Å². The van der Waals surface area contributed by atoms with Crippen LogP contribution in [-0.2, 0) is 4.74 Å². The monoisotopic (exact) mass is 256 g/mol. The van der Waals surface area contributed by atoms with Gasteiger partial charge in [0, 0.05) is 6.54 Å². The number of hydrogen-bond donors (Lipinski definition) is 2. The van der Waals surface area contributed by atoms with Crippen molar-refractivity contribution >= 4 is 6.03 Å². The van der Waals surface area contributed by atoms with Gasteiger partial charge in [-0.1, -0.05) is 0 Å². The number of nitrogens with zero attached hydrogens (tertiary/aromatic N) is 1. The van der Waals surface area contributed by atoms with E-state index in [0.717, 1.165) is 19.3 Å². The fraction of sp³-hybridized carbons (Fsp3) is 0.923. The molecule has 3 atom stereocenters. The molecule has 2 amide bonds. The molecular formula is C13H24N2O3. The molecular weight excluding hydrogens is 232 g/mol. The first kappa shape index (κ1) is 13.6. The lowest BCUT2D eigenvalue weighted by Gasteiger charge is -2.30. The smallest absolute Gasteiger partial charge is 0.317 e. The predicted molar refractivity (Wildman–Crippen MR) is 68.4 cm³/mol. The van der Waals surface area contributed by atoms with Crippen molar-refractivity contribution in [2.24, 2.45) is 0 Å². The van der Waals surface area contributed by atoms with Gasteiger partial charge in [0.15, 0.2) is 0 Å². The molecule has 0 aromatic heterocycles. The largest absolute Gasteiger partial charge is 0.389 e. The van der Waals surface area contributed by atoms with Crippen molar-refractivity contribution in [1.82, 2.24) is 10.2 Å². The Bertz CT molecular complexity index is 314. The molecule has 5 heteroatoms. The van der Waals surface area contributed by atoms with Crippen molar-refractivity contribution in [2.45, 2.75) is 63.9 Å². The molecule has 0 radical (unpaired) electrons. The van der Waals surface area contributed by atoms with Crippen LogP contribution in [0.15, 0.2) is 0 Å². The summed E-state index contributed by atoms with van der Waals surface area (Å²) >= 11 is 0. The molecule has 0 aromatic carbocycles. The van der Waals surface area contributed by atoms with E-state index >= 15 is 0 Å². The van der Waals surface area contributed by atoms with E-state index in [1.54, 1.807) is 18.7 Å². The molecule has 0 saturated carbocycles. The fourth-order valence-electron chi connectivity index (χ4n) is 2.83. The minimum Gasteiger partial charge on any atom is -0.389 e. The van der Waals surface area contributed by atoms with Crippen molar-refractivity contribution < 1.29 is 14.6 Å². The molecule has 2 aliphatic heterocycles. The molecule has 18 heavy (non-hydrogen) atoms. The normalized spacial score (nSPS) is 30.6. The number of urea groups is 1. The number of hydrogen-bond acceptors (Lipinski definition) is 3. The first-order valence-electron chi connectivity index (χ1n) is 6.82. The SMILES string of the molecule is CCN(CC(C)(C)O)C(=O)NC1CC2CCC1O2. The van der Waals surface area contributed by atoms with Gasteiger partial charge in [-0.05, 0) is 40.0 Å². The number of rotatable bonds is 4. The number of amides is 2. The first-order valence-corrected chi connectivity index (χ1v) is 6.82. The highest BCUT2D eigenvalue weighted by molar-refractivity contribution is 5.74. The van der Waals surface area contributed by atoms with Gasteiger partial charge < -0.3 is 20.1 Å². The molecule has 2 rings (SSSR count). The van der Waals surface area contributed by atoms with Gasteiger partial charge in [0.1, 0.15) is 0 Å². The van der Waals surface area contributed by atoms with Crippen molar-refractivity contribution in [3.63, 3.8) is 0 Å². The maximum absolute atomic E-state index is 12.1. The van der Waals surface area contributed by atoms with Crippen molar-refractivity contribution in [2.75, 3.05) is 13.1 Å². The first-order chi connectivity index (χ1) is 8.39. The Hall–Kier alpha value is -0.810. The van der Waals surface area contributed by atoms with Crippen molar-refractivity contribution in [1.29, 1.82) is 0 Å². The van der Waals surface area contributed by atoms with Crippen LogP contribution in [-0.4, -0.2) is 53.0 Å². The van der Waals surface area contributed by atoms with E-state index in [-0.39, 0.29) is 18.2 Å². The van der Waals surface area contributed by atoms with E-state index in [1.807, 2.05) is 6.92 Å². The van der Waals surface area contributed by atoms with E-state index in [2.05, 4.69) is 5.32 Å². The summed E-state index contributed by atoms with van der Waals surface area (Å²) < 4.78 is 5.72. The van der Waals surface area contributed by atoms with Crippen LogP contribution in [0.2, 0.25) is 0 Å². The quantitative estimate of drug-likeness (QED) is 0.792. The standard InChI is InChI=1S/C13H24N2O3/c1-4-15(8-13(2,3)17)12(16)14-10-7-9-5-6-11(10)18-9/h9-11,17H,4-8H2,1-3H3,(H,14,16). The van der Waals surface area contributed by atoms with Crippen molar-refractivity contribution in [3.8, 4) is 0 Å². The Morgan fingerprint density at radius 1 is 1.50 bits per heavy atom. The summed E-state index contributed by atoms with van der Waals surface area (Å²) in [5, 5.41) is 12.8. The van der Waals surface area contributed by atoms with E-state index in [9.17, 15) is 9.90 Å². The molecule has 3 unspecified atom stereocenters. The molecule has 5 nitrogen and oxygen atoms in total. The van der Waals surface area contributed by atoms with Crippen LogP contribution in [0.25, 0.3) is 0 Å². The summed E-state index contributed by atoms with van der Waals surface area (Å²) in [5.74, 6) is 0. The van der Waals surface area contributed by atoms with Crippen LogP contribution >= 0.6 is 0 Å². The van der Waals surface area contributed by atoms with E-state index in [0.29, 0.717) is 19.2 Å². The highest BCUT2D eigenvalue weighted by Gasteiger charge is 2.41. The summed E-state index contributed by atoms with van der Waals surface area (Å²) in [6.45, 7) is 6.28. The number of carbonyl (C=O) groups is 1. The average molecular weight is 256 g/mol. The van der Waals surface area contributed by atoms with Crippen LogP contribution in [0.4, 0.5) is 4.79 Å². The summed E-state index contributed by atoms with van der Waals surface area (Å²) in [4.78, 5) is 13.8. The maximum Gasteiger partial charge on any atom is 0.317 e. The molecule has 2 heterocycles. The highest BCUT2D eigenvalue weighted by atomic mass is 16.5. The van der Waals surface area contributed by atoms with E-state index in [4.69, 9.17) is 4.74 Å². The molecule has 2 fully saturated rings. The van der Waals surface area contributed by atoms with Crippen LogP contribution in [0, 0.1) is 0 Å². The second-order valence-corrected chi connectivity index (χ2v) is 5.99. The summed E-state index contributed by atoms with van der Waals surface area (Å²) in [7, 11) is 0. The maximum atomic E-state index is 12.1. The Balaban J connectivity index is 1.86. The molecule has 2 aliphatic rings. The lowest BCUT2D eigenvalue weighted by molar-refractivity contribution is 0.0467. The van der Waals surface area contributed by atoms with Crippen LogP contribution in [0.5, 0.6) is 0 Å². The van der Waals surface area contributed by atoms with Crippen LogP contribution < -0.4 is 5.32 Å². The van der Waals surface area contributed by atoms with Crippen molar-refractivity contribution in [3.05, 3.63) is 0 Å². The number of ether oxygens (including phenoxy) is 1. The minimum absolute atomic E-state index is 0.0965. The third-order valence-corrected chi connectivity index (χ3v) is 3.66. The van der Waals surface area contributed by atoms with Gasteiger partial charge in [-0.15, -0.1) is 0 Å². The van der Waals surface area contributed by atoms with Crippen LogP contribution in [0.3, 0.4) is 0 Å².